The Morgan fingerprint density at radius 2 is 1.85 bits per heavy atom. The molecule has 1 fully saturated rings. The third kappa shape index (κ3) is 1.65. The minimum atomic E-state index is 0.380. The second-order valence-corrected chi connectivity index (χ2v) is 5.36. The summed E-state index contributed by atoms with van der Waals surface area (Å²) in [7, 11) is 0. The third-order valence-electron chi connectivity index (χ3n) is 3.53. The Balaban J connectivity index is 2.58. The van der Waals surface area contributed by atoms with Gasteiger partial charge in [0.25, 0.3) is 0 Å². The lowest BCUT2D eigenvalue weighted by Gasteiger charge is -2.56. The summed E-state index contributed by atoms with van der Waals surface area (Å²) in [5.41, 5.74) is 1.87. The highest BCUT2D eigenvalue weighted by molar-refractivity contribution is 5.16. The van der Waals surface area contributed by atoms with Crippen LogP contribution in [0.5, 0.6) is 0 Å². The molecule has 1 aliphatic heterocycles. The predicted molar refractivity (Wildman–Crippen MR) is 58.5 cm³/mol. The minimum Gasteiger partial charge on any atom is -0.371 e. The molecule has 1 nitrogen and oxygen atoms in total. The smallest absolute Gasteiger partial charge is 0.0287 e. The minimum absolute atomic E-state index is 0.380. The van der Waals surface area contributed by atoms with Crippen molar-refractivity contribution in [3.8, 4) is 0 Å². The van der Waals surface area contributed by atoms with Crippen molar-refractivity contribution < 1.29 is 0 Å². The largest absolute Gasteiger partial charge is 0.371 e. The molecule has 0 saturated carbocycles. The summed E-state index contributed by atoms with van der Waals surface area (Å²) in [5.74, 6) is 0. The van der Waals surface area contributed by atoms with Gasteiger partial charge in [-0.2, -0.15) is 0 Å². The summed E-state index contributed by atoms with van der Waals surface area (Å²) in [6.07, 6.45) is 1.84. The third-order valence-corrected chi connectivity index (χ3v) is 3.53. The van der Waals surface area contributed by atoms with E-state index in [2.05, 4.69) is 45.8 Å². The fourth-order valence-corrected chi connectivity index (χ4v) is 1.60. The van der Waals surface area contributed by atoms with Crippen LogP contribution in [0.1, 0.15) is 27.7 Å². The van der Waals surface area contributed by atoms with E-state index in [0.717, 1.165) is 18.8 Å². The highest BCUT2D eigenvalue weighted by atomic mass is 15.2. The van der Waals surface area contributed by atoms with Gasteiger partial charge < -0.3 is 4.90 Å². The number of hydrogen-bond acceptors (Lipinski definition) is 1. The molecule has 0 N–H and O–H groups in total. The van der Waals surface area contributed by atoms with Crippen molar-refractivity contribution in [2.24, 2.45) is 10.8 Å². The van der Waals surface area contributed by atoms with Gasteiger partial charge in [-0.3, -0.25) is 0 Å². The Hall–Kier alpha value is -0.720. The zero-order valence-corrected chi connectivity index (χ0v) is 9.35. The van der Waals surface area contributed by atoms with Crippen LogP contribution in [-0.4, -0.2) is 18.0 Å². The van der Waals surface area contributed by atoms with Gasteiger partial charge in [0, 0.05) is 24.2 Å². The predicted octanol–water partition coefficient (Wildman–Crippen LogP) is 3.05. The fourth-order valence-electron chi connectivity index (χ4n) is 1.60. The van der Waals surface area contributed by atoms with E-state index in [1.165, 1.54) is 0 Å². The summed E-state index contributed by atoms with van der Waals surface area (Å²) in [6.45, 7) is 19.2. The maximum Gasteiger partial charge on any atom is 0.0287 e. The molecule has 1 aliphatic rings. The monoisotopic (exact) mass is 179 g/mol. The van der Waals surface area contributed by atoms with Crippen molar-refractivity contribution in [1.82, 2.24) is 4.90 Å². The molecular weight excluding hydrogens is 158 g/mol. The Labute approximate surface area is 82.1 Å². The molecule has 0 aromatic heterocycles. The topological polar surface area (TPSA) is 3.24 Å². The second kappa shape index (κ2) is 2.90. The van der Waals surface area contributed by atoms with Gasteiger partial charge in [0.15, 0.2) is 0 Å². The number of likely N-dealkylation sites (tertiary alicyclic amines) is 1. The van der Waals surface area contributed by atoms with Crippen molar-refractivity contribution in [1.29, 1.82) is 0 Å². The van der Waals surface area contributed by atoms with Gasteiger partial charge in [-0.1, -0.05) is 40.9 Å². The number of nitrogens with zero attached hydrogens (tertiary/aromatic N) is 1. The second-order valence-electron chi connectivity index (χ2n) is 5.36. The highest BCUT2D eigenvalue weighted by Crippen LogP contribution is 2.46. The summed E-state index contributed by atoms with van der Waals surface area (Å²) in [6, 6.07) is 0. The molecule has 0 aromatic rings. The van der Waals surface area contributed by atoms with Crippen molar-refractivity contribution in [3.05, 3.63) is 24.9 Å². The van der Waals surface area contributed by atoms with Crippen molar-refractivity contribution in [2.45, 2.75) is 27.7 Å². The Morgan fingerprint density at radius 3 is 2.15 bits per heavy atom. The van der Waals surface area contributed by atoms with Gasteiger partial charge in [0.05, 0.1) is 0 Å². The van der Waals surface area contributed by atoms with Gasteiger partial charge >= 0.3 is 0 Å². The average Bonchev–Trinajstić information content (AvgIpc) is 1.95. The molecule has 1 heterocycles. The lowest BCUT2D eigenvalue weighted by Crippen LogP contribution is -2.59. The number of rotatable bonds is 2. The molecule has 0 bridgehead atoms. The normalized spacial score (nSPS) is 20.8. The molecule has 74 valence electrons. The molecule has 1 saturated heterocycles. The first-order chi connectivity index (χ1) is 5.80. The van der Waals surface area contributed by atoms with Crippen LogP contribution in [0.25, 0.3) is 0 Å². The van der Waals surface area contributed by atoms with E-state index in [9.17, 15) is 0 Å². The maximum atomic E-state index is 3.95. The summed E-state index contributed by atoms with van der Waals surface area (Å²) in [4.78, 5) is 2.29. The first-order valence-corrected chi connectivity index (χ1v) is 4.86. The lowest BCUT2D eigenvalue weighted by atomic mass is 9.63. The summed E-state index contributed by atoms with van der Waals surface area (Å²) in [5, 5.41) is 0. The van der Waals surface area contributed by atoms with Gasteiger partial charge in [-0.25, -0.2) is 0 Å². The average molecular weight is 179 g/mol. The molecule has 13 heavy (non-hydrogen) atoms. The van der Waals surface area contributed by atoms with Gasteiger partial charge in [0.2, 0.25) is 0 Å². The fraction of sp³-hybridized carbons (Fsp3) is 0.667. The zero-order chi connectivity index (χ0) is 10.3. The summed E-state index contributed by atoms with van der Waals surface area (Å²) < 4.78 is 0. The molecular formula is C12H21N. The lowest BCUT2D eigenvalue weighted by molar-refractivity contribution is -0.0435. The molecule has 1 rings (SSSR count). The van der Waals surface area contributed by atoms with E-state index < -0.39 is 0 Å². The van der Waals surface area contributed by atoms with Crippen LogP contribution in [-0.2, 0) is 0 Å². The Bertz CT molecular complexity index is 226. The van der Waals surface area contributed by atoms with Crippen molar-refractivity contribution in [2.75, 3.05) is 13.1 Å². The maximum absolute atomic E-state index is 3.95. The molecule has 0 radical (unpaired) electrons. The molecule has 0 unspecified atom stereocenters. The first-order valence-electron chi connectivity index (χ1n) is 4.86. The van der Waals surface area contributed by atoms with E-state index in [-0.39, 0.29) is 0 Å². The first kappa shape index (κ1) is 10.4. The summed E-state index contributed by atoms with van der Waals surface area (Å²) >= 11 is 0. The van der Waals surface area contributed by atoms with Crippen LogP contribution >= 0.6 is 0 Å². The van der Waals surface area contributed by atoms with Crippen LogP contribution in [0.15, 0.2) is 24.9 Å². The van der Waals surface area contributed by atoms with E-state index >= 15 is 0 Å². The molecule has 0 amide bonds. The van der Waals surface area contributed by atoms with Crippen molar-refractivity contribution >= 4 is 0 Å². The molecule has 0 aliphatic carbocycles. The molecule has 0 spiro atoms. The van der Waals surface area contributed by atoms with E-state index in [1.807, 2.05) is 6.08 Å². The number of allylic oxidation sites excluding steroid dienone is 1. The molecule has 0 aromatic carbocycles. The van der Waals surface area contributed by atoms with Crippen LogP contribution in [0.4, 0.5) is 0 Å². The van der Waals surface area contributed by atoms with Gasteiger partial charge in [-0.05, 0) is 11.5 Å². The zero-order valence-electron chi connectivity index (χ0n) is 9.35. The SMILES string of the molecule is C=CC(=C)N1CC(C)(C(C)(C)C)C1. The van der Waals surface area contributed by atoms with E-state index in [4.69, 9.17) is 0 Å². The standard InChI is InChI=1S/C12H21N/c1-7-10(2)13-8-12(6,9-13)11(3,4)5/h7H,1-2,8-9H2,3-6H3. The Morgan fingerprint density at radius 1 is 1.38 bits per heavy atom. The van der Waals surface area contributed by atoms with E-state index in [1.54, 1.807) is 0 Å². The van der Waals surface area contributed by atoms with Crippen molar-refractivity contribution in [3.63, 3.8) is 0 Å². The van der Waals surface area contributed by atoms with Crippen LogP contribution < -0.4 is 0 Å². The highest BCUT2D eigenvalue weighted by Gasteiger charge is 2.47. The van der Waals surface area contributed by atoms with Crippen LogP contribution in [0.3, 0.4) is 0 Å². The van der Waals surface area contributed by atoms with Gasteiger partial charge in [0.1, 0.15) is 0 Å². The van der Waals surface area contributed by atoms with Gasteiger partial charge in [-0.15, -0.1) is 0 Å². The van der Waals surface area contributed by atoms with E-state index in [0.29, 0.717) is 10.8 Å². The van der Waals surface area contributed by atoms with Crippen LogP contribution in [0, 0.1) is 10.8 Å². The quantitative estimate of drug-likeness (QED) is 0.589. The Kier molecular flexibility index (Phi) is 2.31. The number of hydrogen-bond donors (Lipinski definition) is 0. The molecule has 1 heteroatoms. The molecule has 0 atom stereocenters. The van der Waals surface area contributed by atoms with Crippen LogP contribution in [0.2, 0.25) is 0 Å².